The fraction of sp³-hybridized carbons (Fsp3) is 0.417. The standard InChI is InChI=1S/C12H15ClN2O5S/c1-7(2)6-14-12(16)10-4-9(21(13,19)20)5-11(8(10)3)15(17)18/h4-5,7H,6H2,1-3H3,(H,14,16). The molecule has 21 heavy (non-hydrogen) atoms. The molecule has 0 saturated carbocycles. The van der Waals surface area contributed by atoms with Gasteiger partial charge in [-0.3, -0.25) is 14.9 Å². The van der Waals surface area contributed by atoms with Crippen LogP contribution >= 0.6 is 10.7 Å². The molecule has 1 rings (SSSR count). The number of carbonyl (C=O) groups is 1. The van der Waals surface area contributed by atoms with Crippen LogP contribution in [0.3, 0.4) is 0 Å². The Morgan fingerprint density at radius 1 is 1.43 bits per heavy atom. The molecule has 0 saturated heterocycles. The molecule has 0 heterocycles. The molecule has 0 aliphatic carbocycles. The van der Waals surface area contributed by atoms with Crippen molar-refractivity contribution in [1.82, 2.24) is 5.32 Å². The van der Waals surface area contributed by atoms with Crippen molar-refractivity contribution in [1.29, 1.82) is 0 Å². The van der Waals surface area contributed by atoms with Crippen LogP contribution in [0.15, 0.2) is 17.0 Å². The summed E-state index contributed by atoms with van der Waals surface area (Å²) in [6.45, 7) is 5.52. The van der Waals surface area contributed by atoms with Crippen LogP contribution in [0, 0.1) is 23.0 Å². The Hall–Kier alpha value is -1.67. The maximum Gasteiger partial charge on any atom is 0.274 e. The molecule has 0 fully saturated rings. The fourth-order valence-corrected chi connectivity index (χ4v) is 2.41. The number of nitrogens with one attached hydrogen (secondary N) is 1. The summed E-state index contributed by atoms with van der Waals surface area (Å²) >= 11 is 0. The van der Waals surface area contributed by atoms with Gasteiger partial charge >= 0.3 is 0 Å². The van der Waals surface area contributed by atoms with Gasteiger partial charge in [-0.15, -0.1) is 0 Å². The summed E-state index contributed by atoms with van der Waals surface area (Å²) in [6, 6.07) is 1.89. The van der Waals surface area contributed by atoms with Crippen LogP contribution in [0.2, 0.25) is 0 Å². The number of nitro groups is 1. The van der Waals surface area contributed by atoms with Crippen molar-refractivity contribution in [3.05, 3.63) is 33.4 Å². The van der Waals surface area contributed by atoms with Gasteiger partial charge in [-0.2, -0.15) is 0 Å². The van der Waals surface area contributed by atoms with Gasteiger partial charge in [0.05, 0.1) is 15.4 Å². The van der Waals surface area contributed by atoms with Crippen LogP contribution in [-0.2, 0) is 9.05 Å². The van der Waals surface area contributed by atoms with Crippen molar-refractivity contribution in [2.75, 3.05) is 6.54 Å². The summed E-state index contributed by atoms with van der Waals surface area (Å²) in [6.07, 6.45) is 0. The molecule has 1 N–H and O–H groups in total. The van der Waals surface area contributed by atoms with Crippen molar-refractivity contribution in [3.8, 4) is 0 Å². The molecular weight excluding hydrogens is 320 g/mol. The summed E-state index contributed by atoms with van der Waals surface area (Å²) < 4.78 is 22.7. The number of hydrogen-bond acceptors (Lipinski definition) is 5. The van der Waals surface area contributed by atoms with Gasteiger partial charge in [0.25, 0.3) is 20.6 Å². The zero-order valence-electron chi connectivity index (χ0n) is 11.7. The molecule has 0 aromatic heterocycles. The van der Waals surface area contributed by atoms with E-state index in [0.717, 1.165) is 12.1 Å². The van der Waals surface area contributed by atoms with E-state index in [1.54, 1.807) is 0 Å². The summed E-state index contributed by atoms with van der Waals surface area (Å²) in [5.41, 5.74) is -0.458. The van der Waals surface area contributed by atoms with E-state index >= 15 is 0 Å². The van der Waals surface area contributed by atoms with Crippen molar-refractivity contribution in [2.24, 2.45) is 5.92 Å². The number of hydrogen-bond donors (Lipinski definition) is 1. The number of rotatable bonds is 5. The number of carbonyl (C=O) groups excluding carboxylic acids is 1. The Labute approximate surface area is 126 Å². The lowest BCUT2D eigenvalue weighted by Crippen LogP contribution is -2.28. The Bertz CT molecular complexity index is 685. The van der Waals surface area contributed by atoms with Crippen LogP contribution in [0.5, 0.6) is 0 Å². The lowest BCUT2D eigenvalue weighted by Gasteiger charge is -2.11. The number of benzene rings is 1. The first-order valence-corrected chi connectivity index (χ1v) is 8.37. The van der Waals surface area contributed by atoms with E-state index in [-0.39, 0.29) is 17.0 Å². The van der Waals surface area contributed by atoms with Gasteiger partial charge in [-0.25, -0.2) is 8.42 Å². The monoisotopic (exact) mass is 334 g/mol. The lowest BCUT2D eigenvalue weighted by atomic mass is 10.1. The fourth-order valence-electron chi connectivity index (χ4n) is 1.63. The normalized spacial score (nSPS) is 11.5. The number of amides is 1. The molecule has 7 nitrogen and oxygen atoms in total. The minimum atomic E-state index is -4.18. The molecule has 0 unspecified atom stereocenters. The van der Waals surface area contributed by atoms with Crippen LogP contribution in [0.4, 0.5) is 5.69 Å². The molecule has 116 valence electrons. The van der Waals surface area contributed by atoms with E-state index in [2.05, 4.69) is 5.32 Å². The second-order valence-electron chi connectivity index (χ2n) is 4.91. The number of nitro benzene ring substituents is 1. The first kappa shape index (κ1) is 17.4. The highest BCUT2D eigenvalue weighted by Crippen LogP contribution is 2.28. The minimum absolute atomic E-state index is 0.0796. The van der Waals surface area contributed by atoms with Crippen molar-refractivity contribution in [2.45, 2.75) is 25.7 Å². The molecular formula is C12H15ClN2O5S. The minimum Gasteiger partial charge on any atom is -0.352 e. The predicted octanol–water partition coefficient (Wildman–Crippen LogP) is 2.22. The van der Waals surface area contributed by atoms with Gasteiger partial charge in [0, 0.05) is 28.9 Å². The van der Waals surface area contributed by atoms with Crippen LogP contribution in [-0.4, -0.2) is 25.8 Å². The SMILES string of the molecule is Cc1c(C(=O)NCC(C)C)cc(S(=O)(=O)Cl)cc1[N+](=O)[O-]. The first-order valence-electron chi connectivity index (χ1n) is 6.06. The lowest BCUT2D eigenvalue weighted by molar-refractivity contribution is -0.385. The van der Waals surface area contributed by atoms with Gasteiger partial charge in [0.2, 0.25) is 0 Å². The van der Waals surface area contributed by atoms with Crippen LogP contribution in [0.25, 0.3) is 0 Å². The Morgan fingerprint density at radius 2 is 2.00 bits per heavy atom. The van der Waals surface area contributed by atoms with Crippen LogP contribution < -0.4 is 5.32 Å². The van der Waals surface area contributed by atoms with E-state index < -0.39 is 30.5 Å². The van der Waals surface area contributed by atoms with E-state index in [9.17, 15) is 23.3 Å². The molecule has 1 amide bonds. The highest BCUT2D eigenvalue weighted by Gasteiger charge is 2.24. The van der Waals surface area contributed by atoms with Gasteiger partial charge in [-0.1, -0.05) is 13.8 Å². The van der Waals surface area contributed by atoms with E-state index in [1.165, 1.54) is 6.92 Å². The molecule has 0 radical (unpaired) electrons. The Morgan fingerprint density at radius 3 is 2.43 bits per heavy atom. The predicted molar refractivity (Wildman–Crippen MR) is 78.0 cm³/mol. The first-order chi connectivity index (χ1) is 9.54. The summed E-state index contributed by atoms with van der Waals surface area (Å²) in [4.78, 5) is 21.8. The molecule has 0 bridgehead atoms. The van der Waals surface area contributed by atoms with Gasteiger partial charge in [0.15, 0.2) is 0 Å². The number of halogens is 1. The van der Waals surface area contributed by atoms with E-state index in [1.807, 2.05) is 13.8 Å². The number of nitrogens with zero attached hydrogens (tertiary/aromatic N) is 1. The third-order valence-corrected chi connectivity index (χ3v) is 4.08. The summed E-state index contributed by atoms with van der Waals surface area (Å²) in [5, 5.41) is 13.6. The zero-order chi connectivity index (χ0) is 16.4. The maximum absolute atomic E-state index is 12.1. The molecule has 1 aromatic carbocycles. The van der Waals surface area contributed by atoms with E-state index in [0.29, 0.717) is 6.54 Å². The maximum atomic E-state index is 12.1. The molecule has 0 atom stereocenters. The molecule has 1 aromatic rings. The Kier molecular flexibility index (Phi) is 5.30. The highest BCUT2D eigenvalue weighted by atomic mass is 35.7. The zero-order valence-corrected chi connectivity index (χ0v) is 13.3. The Balaban J connectivity index is 3.40. The average Bonchev–Trinajstić information content (AvgIpc) is 2.34. The second kappa shape index (κ2) is 6.40. The van der Waals surface area contributed by atoms with Crippen molar-refractivity contribution < 1.29 is 18.1 Å². The average molecular weight is 335 g/mol. The van der Waals surface area contributed by atoms with Crippen LogP contribution in [0.1, 0.15) is 29.8 Å². The third-order valence-electron chi connectivity index (χ3n) is 2.75. The highest BCUT2D eigenvalue weighted by molar-refractivity contribution is 8.13. The molecule has 0 spiro atoms. The summed E-state index contributed by atoms with van der Waals surface area (Å²) in [5.74, 6) is -0.393. The molecule has 0 aliphatic heterocycles. The second-order valence-corrected chi connectivity index (χ2v) is 7.48. The van der Waals surface area contributed by atoms with Gasteiger partial charge in [0.1, 0.15) is 0 Å². The summed E-state index contributed by atoms with van der Waals surface area (Å²) in [7, 11) is 1.03. The van der Waals surface area contributed by atoms with Gasteiger partial charge in [-0.05, 0) is 18.9 Å². The van der Waals surface area contributed by atoms with E-state index in [4.69, 9.17) is 10.7 Å². The molecule has 0 aliphatic rings. The topological polar surface area (TPSA) is 106 Å². The van der Waals surface area contributed by atoms with Crippen molar-refractivity contribution >= 4 is 31.3 Å². The quantitative estimate of drug-likeness (QED) is 0.504. The largest absolute Gasteiger partial charge is 0.352 e. The third kappa shape index (κ3) is 4.40. The van der Waals surface area contributed by atoms with Crippen molar-refractivity contribution in [3.63, 3.8) is 0 Å². The smallest absolute Gasteiger partial charge is 0.274 e. The molecule has 9 heteroatoms. The van der Waals surface area contributed by atoms with Gasteiger partial charge < -0.3 is 5.32 Å².